The van der Waals surface area contributed by atoms with Crippen LogP contribution in [0.3, 0.4) is 0 Å². The molecule has 1 heterocycles. The molecule has 0 amide bonds. The van der Waals surface area contributed by atoms with Crippen molar-refractivity contribution in [1.29, 1.82) is 0 Å². The minimum atomic E-state index is 0.303. The Bertz CT molecular complexity index is 462. The molecule has 0 spiro atoms. The van der Waals surface area contributed by atoms with Crippen molar-refractivity contribution in [2.24, 2.45) is 5.92 Å². The molecule has 1 aliphatic heterocycles. The van der Waals surface area contributed by atoms with Crippen LogP contribution in [0.15, 0.2) is 36.4 Å². The first-order valence-electron chi connectivity index (χ1n) is 7.08. The van der Waals surface area contributed by atoms with E-state index in [0.29, 0.717) is 17.4 Å². The van der Waals surface area contributed by atoms with Crippen LogP contribution in [-0.2, 0) is 16.6 Å². The second kappa shape index (κ2) is 4.55. The Kier molecular flexibility index (Phi) is 3.03. The lowest BCUT2D eigenvalue weighted by Crippen LogP contribution is -2.48. The van der Waals surface area contributed by atoms with Gasteiger partial charge in [-0.05, 0) is 43.2 Å². The van der Waals surface area contributed by atoms with Gasteiger partial charge in [0.25, 0.3) is 0 Å². The van der Waals surface area contributed by atoms with Gasteiger partial charge in [0.1, 0.15) is 0 Å². The van der Waals surface area contributed by atoms with E-state index >= 15 is 0 Å². The van der Waals surface area contributed by atoms with Gasteiger partial charge in [-0.2, -0.15) is 0 Å². The lowest BCUT2D eigenvalue weighted by atomic mass is 9.60. The molecule has 1 fully saturated rings. The maximum Gasteiger partial charge on any atom is 0.0792 e. The first-order chi connectivity index (χ1) is 8.75. The van der Waals surface area contributed by atoms with E-state index in [2.05, 4.69) is 50.3 Å². The monoisotopic (exact) mass is 242 g/mol. The molecular weight excluding hydrogens is 220 g/mol. The van der Waals surface area contributed by atoms with Crippen LogP contribution in [0.5, 0.6) is 0 Å². The first kappa shape index (κ1) is 12.0. The Balaban J connectivity index is 2.03. The van der Waals surface area contributed by atoms with E-state index in [-0.39, 0.29) is 0 Å². The molecule has 0 N–H and O–H groups in total. The van der Waals surface area contributed by atoms with E-state index < -0.39 is 0 Å². The zero-order valence-electron chi connectivity index (χ0n) is 11.4. The fourth-order valence-corrected chi connectivity index (χ4v) is 3.87. The Labute approximate surface area is 110 Å². The van der Waals surface area contributed by atoms with Crippen LogP contribution in [-0.4, -0.2) is 12.7 Å². The van der Waals surface area contributed by atoms with Gasteiger partial charge in [0.05, 0.1) is 6.10 Å². The first-order valence-corrected chi connectivity index (χ1v) is 7.08. The summed E-state index contributed by atoms with van der Waals surface area (Å²) in [5, 5.41) is 0. The van der Waals surface area contributed by atoms with Gasteiger partial charge < -0.3 is 4.74 Å². The summed E-state index contributed by atoms with van der Waals surface area (Å²) in [6.07, 6.45) is 8.30. The average molecular weight is 242 g/mol. The predicted molar refractivity (Wildman–Crippen MR) is 74.8 cm³/mol. The normalized spacial score (nSPS) is 35.2. The van der Waals surface area contributed by atoms with Gasteiger partial charge in [-0.3, -0.25) is 0 Å². The minimum Gasteiger partial charge on any atom is -0.374 e. The molecular formula is C17H22O. The van der Waals surface area contributed by atoms with Gasteiger partial charge >= 0.3 is 0 Å². The highest BCUT2D eigenvalue weighted by Crippen LogP contribution is 2.48. The van der Waals surface area contributed by atoms with Crippen molar-refractivity contribution in [2.45, 2.75) is 44.6 Å². The van der Waals surface area contributed by atoms with E-state index in [1.807, 2.05) is 0 Å². The Morgan fingerprint density at radius 2 is 2.17 bits per heavy atom. The van der Waals surface area contributed by atoms with E-state index in [1.165, 1.54) is 12.8 Å². The standard InChI is InChI=1S/C17H22O/c1-3-6-16-15-10-9-13-7-4-5-8-14(13)17(15,2)11-12-18-16/h3-8,15-16H,9-12H2,1-2H3/b6-3+/t15-,16-,17+/m0/s1. The molecule has 0 unspecified atom stereocenters. The van der Waals surface area contributed by atoms with E-state index in [0.717, 1.165) is 13.0 Å². The molecule has 0 saturated carbocycles. The molecule has 0 aromatic heterocycles. The molecule has 1 aliphatic carbocycles. The molecule has 1 heteroatoms. The molecule has 0 bridgehead atoms. The van der Waals surface area contributed by atoms with Gasteiger partial charge in [-0.1, -0.05) is 43.3 Å². The highest BCUT2D eigenvalue weighted by atomic mass is 16.5. The van der Waals surface area contributed by atoms with Crippen molar-refractivity contribution in [3.05, 3.63) is 47.5 Å². The van der Waals surface area contributed by atoms with Crippen LogP contribution in [0, 0.1) is 5.92 Å². The van der Waals surface area contributed by atoms with Gasteiger partial charge in [-0.25, -0.2) is 0 Å². The maximum atomic E-state index is 5.98. The highest BCUT2D eigenvalue weighted by molar-refractivity contribution is 5.38. The predicted octanol–water partition coefficient (Wildman–Crippen LogP) is 3.87. The zero-order chi connectivity index (χ0) is 12.6. The lowest BCUT2D eigenvalue weighted by molar-refractivity contribution is -0.0472. The summed E-state index contributed by atoms with van der Waals surface area (Å²) in [4.78, 5) is 0. The highest BCUT2D eigenvalue weighted by Gasteiger charge is 2.46. The molecule has 3 atom stereocenters. The number of fused-ring (bicyclic) bond motifs is 3. The van der Waals surface area contributed by atoms with Gasteiger partial charge in [0.15, 0.2) is 0 Å². The fraction of sp³-hybridized carbons (Fsp3) is 0.529. The van der Waals surface area contributed by atoms with Crippen molar-refractivity contribution < 1.29 is 4.74 Å². The number of ether oxygens (including phenoxy) is 1. The summed E-state index contributed by atoms with van der Waals surface area (Å²) in [5.74, 6) is 0.636. The van der Waals surface area contributed by atoms with Crippen LogP contribution in [0.2, 0.25) is 0 Å². The summed E-state index contributed by atoms with van der Waals surface area (Å²) in [7, 11) is 0. The number of rotatable bonds is 1. The summed E-state index contributed by atoms with van der Waals surface area (Å²) >= 11 is 0. The molecule has 18 heavy (non-hydrogen) atoms. The van der Waals surface area contributed by atoms with Crippen molar-refractivity contribution in [3.63, 3.8) is 0 Å². The van der Waals surface area contributed by atoms with Crippen LogP contribution in [0.25, 0.3) is 0 Å². The molecule has 96 valence electrons. The molecule has 1 aromatic rings. The maximum absolute atomic E-state index is 5.98. The van der Waals surface area contributed by atoms with Crippen molar-refractivity contribution >= 4 is 0 Å². The van der Waals surface area contributed by atoms with Crippen molar-refractivity contribution in [1.82, 2.24) is 0 Å². The largest absolute Gasteiger partial charge is 0.374 e. The fourth-order valence-electron chi connectivity index (χ4n) is 3.87. The molecule has 0 radical (unpaired) electrons. The Morgan fingerprint density at radius 3 is 3.00 bits per heavy atom. The smallest absolute Gasteiger partial charge is 0.0792 e. The van der Waals surface area contributed by atoms with Crippen LogP contribution >= 0.6 is 0 Å². The summed E-state index contributed by atoms with van der Waals surface area (Å²) in [6, 6.07) is 8.99. The lowest BCUT2D eigenvalue weighted by Gasteiger charge is -2.49. The zero-order valence-corrected chi connectivity index (χ0v) is 11.4. The Hall–Kier alpha value is -1.08. The van der Waals surface area contributed by atoms with E-state index in [1.54, 1.807) is 11.1 Å². The van der Waals surface area contributed by atoms with Crippen LogP contribution < -0.4 is 0 Å². The van der Waals surface area contributed by atoms with Crippen LogP contribution in [0.4, 0.5) is 0 Å². The van der Waals surface area contributed by atoms with Crippen molar-refractivity contribution in [2.75, 3.05) is 6.61 Å². The second-order valence-corrected chi connectivity index (χ2v) is 5.83. The third-order valence-corrected chi connectivity index (χ3v) is 4.89. The Morgan fingerprint density at radius 1 is 1.33 bits per heavy atom. The third kappa shape index (κ3) is 1.73. The molecule has 3 rings (SSSR count). The number of allylic oxidation sites excluding steroid dienone is 1. The SMILES string of the molecule is C/C=C/[C@@H]1OCC[C@]2(C)c3ccccc3CC[C@@H]12. The van der Waals surface area contributed by atoms with Gasteiger partial charge in [-0.15, -0.1) is 0 Å². The number of hydrogen-bond acceptors (Lipinski definition) is 1. The molecule has 1 aromatic carbocycles. The minimum absolute atomic E-state index is 0.303. The summed E-state index contributed by atoms with van der Waals surface area (Å²) in [6.45, 7) is 5.41. The number of benzene rings is 1. The van der Waals surface area contributed by atoms with Crippen molar-refractivity contribution in [3.8, 4) is 0 Å². The molecule has 2 aliphatic rings. The number of hydrogen-bond donors (Lipinski definition) is 0. The van der Waals surface area contributed by atoms with Gasteiger partial charge in [0.2, 0.25) is 0 Å². The second-order valence-electron chi connectivity index (χ2n) is 5.83. The van der Waals surface area contributed by atoms with Gasteiger partial charge in [0, 0.05) is 12.0 Å². The molecule has 1 nitrogen and oxygen atoms in total. The topological polar surface area (TPSA) is 9.23 Å². The summed E-state index contributed by atoms with van der Waals surface area (Å²) < 4.78 is 5.98. The quantitative estimate of drug-likeness (QED) is 0.679. The average Bonchev–Trinajstić information content (AvgIpc) is 2.39. The molecule has 1 saturated heterocycles. The van der Waals surface area contributed by atoms with E-state index in [9.17, 15) is 0 Å². The van der Waals surface area contributed by atoms with Crippen LogP contribution in [0.1, 0.15) is 37.8 Å². The third-order valence-electron chi connectivity index (χ3n) is 4.89. The van der Waals surface area contributed by atoms with E-state index in [4.69, 9.17) is 4.74 Å². The number of aryl methyl sites for hydroxylation is 1. The summed E-state index contributed by atoms with van der Waals surface area (Å²) in [5.41, 5.74) is 3.42.